The van der Waals surface area contributed by atoms with E-state index in [9.17, 15) is 14.9 Å². The van der Waals surface area contributed by atoms with Gasteiger partial charge in [-0.25, -0.2) is 5.43 Å². The van der Waals surface area contributed by atoms with Crippen molar-refractivity contribution in [2.75, 3.05) is 0 Å². The molecular weight excluding hydrogens is 344 g/mol. The van der Waals surface area contributed by atoms with E-state index in [1.807, 2.05) is 12.1 Å². The number of fused-ring (bicyclic) bond motifs is 3. The first-order chi connectivity index (χ1) is 13.1. The molecule has 7 nitrogen and oxygen atoms in total. The van der Waals surface area contributed by atoms with Crippen LogP contribution in [0.3, 0.4) is 0 Å². The third kappa shape index (κ3) is 3.44. The number of hydrogen-bond acceptors (Lipinski definition) is 4. The zero-order valence-corrected chi connectivity index (χ0v) is 14.6. The van der Waals surface area contributed by atoms with Crippen molar-refractivity contribution in [2.24, 2.45) is 5.10 Å². The molecule has 1 aliphatic carbocycles. The molecule has 0 fully saturated rings. The Balaban J connectivity index is 1.48. The highest BCUT2D eigenvalue weighted by Crippen LogP contribution is 2.29. The monoisotopic (exact) mass is 362 g/mol. The largest absolute Gasteiger partial charge is 0.358 e. The van der Waals surface area contributed by atoms with Crippen LogP contribution in [0.25, 0.3) is 10.9 Å². The van der Waals surface area contributed by atoms with Gasteiger partial charge in [0.15, 0.2) is 0 Å². The Kier molecular flexibility index (Phi) is 4.42. The highest BCUT2D eigenvalue weighted by Gasteiger charge is 2.16. The number of aromatic amines is 1. The highest BCUT2D eigenvalue weighted by atomic mass is 16.6. The van der Waals surface area contributed by atoms with Gasteiger partial charge in [0.05, 0.1) is 11.1 Å². The van der Waals surface area contributed by atoms with Crippen LogP contribution in [0, 0.1) is 10.1 Å². The standard InChI is InChI=1S/C20H18N4O3/c25-20(23-21-12-13-5-8-15(9-6-13)24(26)27)14-7-10-19-17(11-14)16-3-1-2-4-18(16)22-19/h5-12,22H,1-4H2,(H,23,25)/b21-12-. The molecule has 136 valence electrons. The molecule has 0 unspecified atom stereocenters. The Morgan fingerprint density at radius 3 is 2.70 bits per heavy atom. The van der Waals surface area contributed by atoms with Crippen LogP contribution in [0.1, 0.15) is 40.0 Å². The summed E-state index contributed by atoms with van der Waals surface area (Å²) in [6.07, 6.45) is 5.93. The predicted molar refractivity (Wildman–Crippen MR) is 103 cm³/mol. The summed E-state index contributed by atoms with van der Waals surface area (Å²) in [6, 6.07) is 11.6. The van der Waals surface area contributed by atoms with E-state index in [-0.39, 0.29) is 11.6 Å². The Labute approximate surface area is 155 Å². The molecular formula is C20H18N4O3. The van der Waals surface area contributed by atoms with Crippen LogP contribution in [-0.2, 0) is 12.8 Å². The van der Waals surface area contributed by atoms with Gasteiger partial charge in [-0.05, 0) is 67.1 Å². The first-order valence-electron chi connectivity index (χ1n) is 8.83. The third-order valence-corrected chi connectivity index (χ3v) is 4.84. The minimum absolute atomic E-state index is 0.0133. The molecule has 27 heavy (non-hydrogen) atoms. The molecule has 1 aromatic heterocycles. The highest BCUT2D eigenvalue weighted by molar-refractivity contribution is 5.99. The van der Waals surface area contributed by atoms with Gasteiger partial charge in [0.1, 0.15) is 0 Å². The summed E-state index contributed by atoms with van der Waals surface area (Å²) >= 11 is 0. The fourth-order valence-corrected chi connectivity index (χ4v) is 3.46. The number of benzene rings is 2. The lowest BCUT2D eigenvalue weighted by Crippen LogP contribution is -2.17. The van der Waals surface area contributed by atoms with E-state index < -0.39 is 4.92 Å². The quantitative estimate of drug-likeness (QED) is 0.420. The van der Waals surface area contributed by atoms with Crippen molar-refractivity contribution in [2.45, 2.75) is 25.7 Å². The number of nitrogens with zero attached hydrogens (tertiary/aromatic N) is 2. The van der Waals surface area contributed by atoms with Crippen molar-refractivity contribution >= 4 is 28.7 Å². The van der Waals surface area contributed by atoms with E-state index >= 15 is 0 Å². The van der Waals surface area contributed by atoms with E-state index in [0.29, 0.717) is 11.1 Å². The normalized spacial score (nSPS) is 13.6. The van der Waals surface area contributed by atoms with Gasteiger partial charge >= 0.3 is 0 Å². The van der Waals surface area contributed by atoms with E-state index in [1.165, 1.54) is 42.4 Å². The first kappa shape index (κ1) is 17.0. The number of H-pyrrole nitrogens is 1. The van der Waals surface area contributed by atoms with Crippen LogP contribution >= 0.6 is 0 Å². The fraction of sp³-hybridized carbons (Fsp3) is 0.200. The van der Waals surface area contributed by atoms with Crippen LogP contribution in [0.2, 0.25) is 0 Å². The number of hydrazone groups is 1. The van der Waals surface area contributed by atoms with E-state index in [4.69, 9.17) is 0 Å². The SMILES string of the molecule is O=C(N/N=C\c1ccc([N+](=O)[O-])cc1)c1ccc2[nH]c3c(c2c1)CCCC3. The molecule has 2 aromatic carbocycles. The number of nitro benzene ring substituents is 1. The minimum Gasteiger partial charge on any atom is -0.358 e. The summed E-state index contributed by atoms with van der Waals surface area (Å²) in [7, 11) is 0. The summed E-state index contributed by atoms with van der Waals surface area (Å²) in [5.74, 6) is -0.291. The lowest BCUT2D eigenvalue weighted by molar-refractivity contribution is -0.384. The molecule has 0 aliphatic heterocycles. The van der Waals surface area contributed by atoms with E-state index in [0.717, 1.165) is 23.7 Å². The molecule has 0 spiro atoms. The molecule has 1 aliphatic rings. The minimum atomic E-state index is -0.460. The molecule has 4 rings (SSSR count). The number of nitro groups is 1. The van der Waals surface area contributed by atoms with E-state index in [1.54, 1.807) is 18.2 Å². The van der Waals surface area contributed by atoms with E-state index in [2.05, 4.69) is 15.5 Å². The number of non-ortho nitro benzene ring substituents is 1. The lowest BCUT2D eigenvalue weighted by atomic mass is 9.95. The van der Waals surface area contributed by atoms with Gasteiger partial charge in [-0.2, -0.15) is 5.10 Å². The van der Waals surface area contributed by atoms with Gasteiger partial charge in [-0.3, -0.25) is 14.9 Å². The van der Waals surface area contributed by atoms with Crippen LogP contribution in [0.15, 0.2) is 47.6 Å². The lowest BCUT2D eigenvalue weighted by Gasteiger charge is -2.10. The van der Waals surface area contributed by atoms with Crippen molar-refractivity contribution in [3.8, 4) is 0 Å². The molecule has 0 bridgehead atoms. The Morgan fingerprint density at radius 1 is 1.15 bits per heavy atom. The van der Waals surface area contributed by atoms with Crippen LogP contribution in [0.4, 0.5) is 5.69 Å². The molecule has 1 amide bonds. The van der Waals surface area contributed by atoms with Crippen molar-refractivity contribution in [3.05, 3.63) is 75.0 Å². The molecule has 1 heterocycles. The van der Waals surface area contributed by atoms with Gasteiger partial charge in [-0.15, -0.1) is 0 Å². The zero-order valence-electron chi connectivity index (χ0n) is 14.6. The average molecular weight is 362 g/mol. The number of carbonyl (C=O) groups is 1. The Bertz CT molecular complexity index is 1050. The second kappa shape index (κ2) is 7.03. The molecule has 0 atom stereocenters. The fourth-order valence-electron chi connectivity index (χ4n) is 3.46. The van der Waals surface area contributed by atoms with Gasteiger partial charge in [0.2, 0.25) is 0 Å². The first-order valence-corrected chi connectivity index (χ1v) is 8.83. The van der Waals surface area contributed by atoms with Crippen molar-refractivity contribution in [1.29, 1.82) is 0 Å². The van der Waals surface area contributed by atoms with Crippen molar-refractivity contribution in [3.63, 3.8) is 0 Å². The molecule has 3 aromatic rings. The summed E-state index contributed by atoms with van der Waals surface area (Å²) in [4.78, 5) is 26.0. The number of rotatable bonds is 4. The topological polar surface area (TPSA) is 100 Å². The van der Waals surface area contributed by atoms with Crippen molar-refractivity contribution in [1.82, 2.24) is 10.4 Å². The zero-order chi connectivity index (χ0) is 18.8. The molecule has 0 saturated heterocycles. The average Bonchev–Trinajstić information content (AvgIpc) is 3.06. The maximum atomic E-state index is 12.4. The number of hydrogen-bond donors (Lipinski definition) is 2. The number of aromatic nitrogens is 1. The number of amides is 1. The van der Waals surface area contributed by atoms with Gasteiger partial charge in [0.25, 0.3) is 11.6 Å². The Morgan fingerprint density at radius 2 is 1.93 bits per heavy atom. The smallest absolute Gasteiger partial charge is 0.271 e. The molecule has 7 heteroatoms. The molecule has 2 N–H and O–H groups in total. The van der Waals surface area contributed by atoms with Crippen LogP contribution in [-0.4, -0.2) is 22.0 Å². The maximum Gasteiger partial charge on any atom is 0.271 e. The summed E-state index contributed by atoms with van der Waals surface area (Å²) in [5.41, 5.74) is 7.40. The molecule has 0 radical (unpaired) electrons. The summed E-state index contributed by atoms with van der Waals surface area (Å²) < 4.78 is 0. The predicted octanol–water partition coefficient (Wildman–Crippen LogP) is 3.72. The van der Waals surface area contributed by atoms with Gasteiger partial charge in [-0.1, -0.05) is 0 Å². The second-order valence-corrected chi connectivity index (χ2v) is 6.60. The molecule has 0 saturated carbocycles. The number of carbonyl (C=O) groups excluding carboxylic acids is 1. The van der Waals surface area contributed by atoms with Gasteiger partial charge in [0, 0.05) is 34.3 Å². The van der Waals surface area contributed by atoms with Crippen molar-refractivity contribution < 1.29 is 9.72 Å². The third-order valence-electron chi connectivity index (χ3n) is 4.84. The Hall–Kier alpha value is -3.48. The van der Waals surface area contributed by atoms with Crippen LogP contribution in [0.5, 0.6) is 0 Å². The number of nitrogens with one attached hydrogen (secondary N) is 2. The van der Waals surface area contributed by atoms with Gasteiger partial charge < -0.3 is 4.98 Å². The number of aryl methyl sites for hydroxylation is 2. The second-order valence-electron chi connectivity index (χ2n) is 6.60. The summed E-state index contributed by atoms with van der Waals surface area (Å²) in [6.45, 7) is 0. The maximum absolute atomic E-state index is 12.4. The summed E-state index contributed by atoms with van der Waals surface area (Å²) in [5, 5.41) is 15.7. The van der Waals surface area contributed by atoms with Crippen LogP contribution < -0.4 is 5.43 Å².